The van der Waals surface area contributed by atoms with Gasteiger partial charge in [-0.15, -0.1) is 0 Å². The first-order chi connectivity index (χ1) is 23.3. The van der Waals surface area contributed by atoms with E-state index in [9.17, 15) is 32.7 Å². The van der Waals surface area contributed by atoms with E-state index in [4.69, 9.17) is 9.47 Å². The van der Waals surface area contributed by atoms with E-state index in [0.717, 1.165) is 11.8 Å². The first-order valence-corrected chi connectivity index (χ1v) is 18.3. The molecule has 0 unspecified atom stereocenters. The van der Waals surface area contributed by atoms with Gasteiger partial charge in [-0.2, -0.15) is 0 Å². The van der Waals surface area contributed by atoms with Gasteiger partial charge in [0.25, 0.3) is 5.91 Å². The molecule has 264 valence electrons. The molecule has 14 nitrogen and oxygen atoms in total. The number of hydrogen-bond donors (Lipinski definition) is 4. The Hall–Kier alpha value is -4.40. The van der Waals surface area contributed by atoms with Crippen molar-refractivity contribution in [1.82, 2.24) is 25.2 Å². The number of benzene rings is 1. The van der Waals surface area contributed by atoms with Crippen LogP contribution < -0.4 is 24.8 Å². The average molecular weight is 698 g/mol. The molecule has 1 aromatic heterocycles. The van der Waals surface area contributed by atoms with Gasteiger partial charge in [0.1, 0.15) is 29.5 Å². The number of ether oxygens (including phenoxy) is 2. The Morgan fingerprint density at radius 3 is 2.61 bits per heavy atom. The first-order valence-electron chi connectivity index (χ1n) is 16.8. The van der Waals surface area contributed by atoms with Crippen molar-refractivity contribution >= 4 is 44.6 Å². The van der Waals surface area contributed by atoms with Crippen LogP contribution in [0.5, 0.6) is 11.6 Å². The second-order valence-electron chi connectivity index (χ2n) is 13.9. The number of methoxy groups -OCH3 is 1. The summed E-state index contributed by atoms with van der Waals surface area (Å²) < 4.78 is 39.4. The third-order valence-corrected chi connectivity index (χ3v) is 11.9. The van der Waals surface area contributed by atoms with Crippen LogP contribution in [0.4, 0.5) is 4.79 Å². The molecule has 49 heavy (non-hydrogen) atoms. The SMILES string of the molecule is COc1ccc2c(O[C@@H]3C[C@H]4C(=O)N[C@]5(C(=O)NS(=O)(=O)C6CC6)C[C@H]5/C=C\CC[C@H](C)C[C@@H](C)[C@H](NC(=O)O)C(=O)N4C3)nccc2c1. The molecule has 6 rings (SSSR count). The molecule has 2 aliphatic heterocycles. The van der Waals surface area contributed by atoms with Gasteiger partial charge >= 0.3 is 6.09 Å². The highest BCUT2D eigenvalue weighted by molar-refractivity contribution is 7.91. The van der Waals surface area contributed by atoms with Crippen molar-refractivity contribution in [3.63, 3.8) is 0 Å². The van der Waals surface area contributed by atoms with E-state index in [0.29, 0.717) is 36.8 Å². The van der Waals surface area contributed by atoms with Crippen LogP contribution >= 0.6 is 0 Å². The average Bonchev–Trinajstić information content (AvgIpc) is 3.98. The number of amides is 4. The Morgan fingerprint density at radius 1 is 1.12 bits per heavy atom. The number of hydrogen-bond acceptors (Lipinski definition) is 9. The second kappa shape index (κ2) is 13.5. The summed E-state index contributed by atoms with van der Waals surface area (Å²) in [5, 5.41) is 15.8. The minimum Gasteiger partial charge on any atom is -0.497 e. The molecule has 1 saturated heterocycles. The lowest BCUT2D eigenvalue weighted by atomic mass is 9.88. The summed E-state index contributed by atoms with van der Waals surface area (Å²) in [5.41, 5.74) is -1.52. The minimum atomic E-state index is -3.89. The second-order valence-corrected chi connectivity index (χ2v) is 15.8. The van der Waals surface area contributed by atoms with Crippen molar-refractivity contribution in [1.29, 1.82) is 0 Å². The molecule has 15 heteroatoms. The summed E-state index contributed by atoms with van der Waals surface area (Å²) in [6.45, 7) is 3.79. The molecule has 4 aliphatic rings. The van der Waals surface area contributed by atoms with Gasteiger partial charge in [-0.1, -0.05) is 26.0 Å². The molecule has 2 aromatic rings. The van der Waals surface area contributed by atoms with E-state index in [-0.39, 0.29) is 31.2 Å². The number of pyridine rings is 1. The van der Waals surface area contributed by atoms with Crippen molar-refractivity contribution < 1.29 is 42.2 Å². The molecule has 3 fully saturated rings. The maximum absolute atomic E-state index is 14.3. The van der Waals surface area contributed by atoms with Gasteiger partial charge in [0.05, 0.1) is 18.9 Å². The quantitative estimate of drug-likeness (QED) is 0.313. The predicted molar refractivity (Wildman–Crippen MR) is 178 cm³/mol. The van der Waals surface area contributed by atoms with Crippen molar-refractivity contribution in [3.05, 3.63) is 42.6 Å². The zero-order valence-electron chi connectivity index (χ0n) is 27.8. The molecule has 0 spiro atoms. The molecule has 4 N–H and O–H groups in total. The third kappa shape index (κ3) is 7.31. The highest BCUT2D eigenvalue weighted by atomic mass is 32.2. The normalized spacial score (nSPS) is 31.3. The number of rotatable bonds is 7. The van der Waals surface area contributed by atoms with E-state index in [2.05, 4.69) is 20.3 Å². The van der Waals surface area contributed by atoms with Gasteiger partial charge in [-0.3, -0.25) is 19.1 Å². The maximum Gasteiger partial charge on any atom is 0.405 e. The fourth-order valence-electron chi connectivity index (χ4n) is 7.14. The molecule has 7 atom stereocenters. The van der Waals surface area contributed by atoms with Crippen molar-refractivity contribution in [2.75, 3.05) is 13.7 Å². The van der Waals surface area contributed by atoms with Crippen LogP contribution in [0.1, 0.15) is 58.8 Å². The van der Waals surface area contributed by atoms with E-state index < -0.39 is 74.7 Å². The van der Waals surface area contributed by atoms with Gasteiger partial charge in [0.15, 0.2) is 0 Å². The number of sulfonamides is 1. The smallest absolute Gasteiger partial charge is 0.405 e. The first kappa shape index (κ1) is 34.5. The van der Waals surface area contributed by atoms with Crippen molar-refractivity contribution in [2.24, 2.45) is 17.8 Å². The molecular weight excluding hydrogens is 654 g/mol. The summed E-state index contributed by atoms with van der Waals surface area (Å²) in [6, 6.07) is 4.92. The molecular formula is C34H43N5O9S. The zero-order valence-corrected chi connectivity index (χ0v) is 28.6. The number of nitrogens with one attached hydrogen (secondary N) is 3. The van der Waals surface area contributed by atoms with E-state index in [1.165, 1.54) is 4.90 Å². The lowest BCUT2D eigenvalue weighted by molar-refractivity contribution is -0.142. The molecule has 3 heterocycles. The number of allylic oxidation sites excluding steroid dienone is 1. The maximum atomic E-state index is 14.3. The van der Waals surface area contributed by atoms with Crippen LogP contribution in [-0.2, 0) is 24.4 Å². The topological polar surface area (TPSA) is 193 Å². The lowest BCUT2D eigenvalue weighted by Crippen LogP contribution is -2.59. The number of fused-ring (bicyclic) bond motifs is 3. The summed E-state index contributed by atoms with van der Waals surface area (Å²) in [7, 11) is -2.33. The number of carbonyl (C=O) groups excluding carboxylic acids is 3. The number of carbonyl (C=O) groups is 4. The number of aromatic nitrogens is 1. The predicted octanol–water partition coefficient (Wildman–Crippen LogP) is 2.72. The Kier molecular flexibility index (Phi) is 9.48. The van der Waals surface area contributed by atoms with Crippen LogP contribution in [0.25, 0.3) is 10.8 Å². The zero-order chi connectivity index (χ0) is 35.1. The fourth-order valence-corrected chi connectivity index (χ4v) is 8.50. The lowest BCUT2D eigenvalue weighted by Gasteiger charge is -2.32. The van der Waals surface area contributed by atoms with Crippen LogP contribution in [0.15, 0.2) is 42.6 Å². The molecule has 0 bridgehead atoms. The number of nitrogens with zero attached hydrogens (tertiary/aromatic N) is 2. The van der Waals surface area contributed by atoms with Gasteiger partial charge in [0.2, 0.25) is 27.7 Å². The molecule has 1 aromatic carbocycles. The Balaban J connectivity index is 1.33. The third-order valence-electron chi connectivity index (χ3n) is 10.1. The van der Waals surface area contributed by atoms with Crippen LogP contribution in [-0.4, -0.2) is 89.9 Å². The molecule has 2 saturated carbocycles. The van der Waals surface area contributed by atoms with Gasteiger partial charge in [-0.25, -0.2) is 18.2 Å². The largest absolute Gasteiger partial charge is 0.497 e. The minimum absolute atomic E-state index is 0.0228. The van der Waals surface area contributed by atoms with Gasteiger partial charge in [-0.05, 0) is 80.0 Å². The Bertz CT molecular complexity index is 1780. The summed E-state index contributed by atoms with van der Waals surface area (Å²) in [5.74, 6) is -1.82. The monoisotopic (exact) mass is 697 g/mol. The molecule has 2 aliphatic carbocycles. The molecule has 0 radical (unpaired) electrons. The van der Waals surface area contributed by atoms with Crippen LogP contribution in [0, 0.1) is 17.8 Å². The van der Waals surface area contributed by atoms with Crippen LogP contribution in [0.2, 0.25) is 0 Å². The van der Waals surface area contributed by atoms with Crippen LogP contribution in [0.3, 0.4) is 0 Å². The van der Waals surface area contributed by atoms with E-state index in [1.54, 1.807) is 31.5 Å². The highest BCUT2D eigenvalue weighted by Gasteiger charge is 2.62. The fraction of sp³-hybridized carbons (Fsp3) is 0.559. The molecule has 4 amide bonds. The summed E-state index contributed by atoms with van der Waals surface area (Å²) >= 11 is 0. The van der Waals surface area contributed by atoms with E-state index in [1.807, 2.05) is 32.1 Å². The van der Waals surface area contributed by atoms with E-state index >= 15 is 0 Å². The van der Waals surface area contributed by atoms with Crippen molar-refractivity contribution in [3.8, 4) is 11.6 Å². The Morgan fingerprint density at radius 2 is 1.90 bits per heavy atom. The van der Waals surface area contributed by atoms with Gasteiger partial charge in [0, 0.05) is 23.9 Å². The van der Waals surface area contributed by atoms with Gasteiger partial charge < -0.3 is 30.1 Å². The standard InChI is InChI=1S/C34H43N5O9S/c1-19-6-4-5-7-22-17-34(22,32(42)38-49(45,46)25-9-10-25)37-29(40)27-16-24(18-39(27)31(41)28(20(2)14-19)36-33(43)44)48-30-26-11-8-23(47-3)15-21(26)12-13-35-30/h5,7-8,11-13,15,19-20,22,24-25,27-28,36H,4,6,9-10,14,16-18H2,1-3H3,(H,37,40)(H,38,42)(H,43,44)/b7-5-/t19-,20+,22+,24+,27-,28-,34+/m0/s1. The Labute approximate surface area is 285 Å². The summed E-state index contributed by atoms with van der Waals surface area (Å²) in [4.78, 5) is 59.7. The number of carboxylic acid groups (broad SMARTS) is 1. The highest BCUT2D eigenvalue weighted by Crippen LogP contribution is 2.46. The van der Waals surface area contributed by atoms with Crippen molar-refractivity contribution in [2.45, 2.75) is 87.8 Å². The summed E-state index contributed by atoms with van der Waals surface area (Å²) in [6.07, 6.45) is 6.38.